The van der Waals surface area contributed by atoms with Gasteiger partial charge in [0.1, 0.15) is 5.75 Å². The maximum atomic E-state index is 12.9. The highest BCUT2D eigenvalue weighted by Crippen LogP contribution is 2.30. The predicted molar refractivity (Wildman–Crippen MR) is 109 cm³/mol. The summed E-state index contributed by atoms with van der Waals surface area (Å²) in [5.41, 5.74) is 1.74. The highest BCUT2D eigenvalue weighted by molar-refractivity contribution is 6.22. The maximum absolute atomic E-state index is 12.9. The van der Waals surface area contributed by atoms with Crippen LogP contribution in [0.15, 0.2) is 54.6 Å². The van der Waals surface area contributed by atoms with E-state index in [1.807, 2.05) is 43.3 Å². The lowest BCUT2D eigenvalue weighted by Crippen LogP contribution is -2.52. The number of hydrogen-bond donors (Lipinski definition) is 0. The highest BCUT2D eigenvalue weighted by atomic mass is 16.5. The van der Waals surface area contributed by atoms with Gasteiger partial charge in [0, 0.05) is 26.2 Å². The van der Waals surface area contributed by atoms with Crippen LogP contribution in [0.4, 0.5) is 11.4 Å². The molecule has 146 valence electrons. The molecule has 0 N–H and O–H groups in total. The predicted octanol–water partition coefficient (Wildman–Crippen LogP) is 2.54. The van der Waals surface area contributed by atoms with E-state index in [1.54, 1.807) is 12.1 Å². The number of ether oxygens (including phenoxy) is 1. The number of hydrogen-bond acceptors (Lipinski definition) is 5. The topological polar surface area (TPSA) is 53.1 Å². The summed E-state index contributed by atoms with van der Waals surface area (Å²) in [5.74, 6) is 0.658. The molecule has 28 heavy (non-hydrogen) atoms. The first-order valence-corrected chi connectivity index (χ1v) is 9.81. The van der Waals surface area contributed by atoms with Crippen LogP contribution in [-0.4, -0.2) is 55.5 Å². The van der Waals surface area contributed by atoms with Crippen LogP contribution in [0, 0.1) is 0 Å². The Morgan fingerprint density at radius 1 is 0.929 bits per heavy atom. The van der Waals surface area contributed by atoms with Crippen LogP contribution in [0.3, 0.4) is 0 Å². The smallest absolute Gasteiger partial charge is 0.251 e. The molecule has 6 heteroatoms. The Labute approximate surface area is 165 Å². The minimum absolute atomic E-state index is 0.112. The molecule has 0 radical (unpaired) electrons. The molecule has 2 amide bonds. The number of piperazine rings is 1. The van der Waals surface area contributed by atoms with Gasteiger partial charge in [0.15, 0.2) is 0 Å². The summed E-state index contributed by atoms with van der Waals surface area (Å²) in [7, 11) is 0. The number of rotatable bonds is 5. The van der Waals surface area contributed by atoms with Crippen molar-refractivity contribution < 1.29 is 14.3 Å². The maximum Gasteiger partial charge on any atom is 0.251 e. The molecular weight excluding hydrogens is 354 g/mol. The Morgan fingerprint density at radius 2 is 1.61 bits per heavy atom. The van der Waals surface area contributed by atoms with E-state index in [4.69, 9.17) is 4.74 Å². The summed E-state index contributed by atoms with van der Waals surface area (Å²) in [6.07, 6.45) is 0.253. The van der Waals surface area contributed by atoms with Crippen molar-refractivity contribution in [3.8, 4) is 5.75 Å². The molecule has 6 nitrogen and oxygen atoms in total. The fourth-order valence-electron chi connectivity index (χ4n) is 4.02. The summed E-state index contributed by atoms with van der Waals surface area (Å²) in [5, 5.41) is 0. The van der Waals surface area contributed by atoms with Crippen molar-refractivity contribution >= 4 is 23.2 Å². The lowest BCUT2D eigenvalue weighted by Gasteiger charge is -2.38. The largest absolute Gasteiger partial charge is 0.492 e. The molecule has 1 unspecified atom stereocenters. The van der Waals surface area contributed by atoms with Crippen molar-refractivity contribution in [2.45, 2.75) is 19.4 Å². The molecule has 1 atom stereocenters. The highest BCUT2D eigenvalue weighted by Gasteiger charge is 2.43. The molecule has 4 rings (SSSR count). The second kappa shape index (κ2) is 8.02. The molecule has 2 aromatic carbocycles. The quantitative estimate of drug-likeness (QED) is 0.748. The molecule has 2 fully saturated rings. The fourth-order valence-corrected chi connectivity index (χ4v) is 4.02. The molecule has 2 heterocycles. The molecule has 2 saturated heterocycles. The van der Waals surface area contributed by atoms with E-state index in [2.05, 4.69) is 15.9 Å². The average molecular weight is 379 g/mol. The van der Waals surface area contributed by atoms with Crippen molar-refractivity contribution in [2.24, 2.45) is 0 Å². The first-order chi connectivity index (χ1) is 13.7. The van der Waals surface area contributed by atoms with Gasteiger partial charge in [-0.1, -0.05) is 30.3 Å². The van der Waals surface area contributed by atoms with Gasteiger partial charge < -0.3 is 9.64 Å². The summed E-state index contributed by atoms with van der Waals surface area (Å²) in [6.45, 7) is 5.70. The molecule has 2 aliphatic heterocycles. The number of carbonyl (C=O) groups is 2. The summed E-state index contributed by atoms with van der Waals surface area (Å²) < 4.78 is 5.75. The van der Waals surface area contributed by atoms with Crippen molar-refractivity contribution in [2.75, 3.05) is 42.6 Å². The zero-order chi connectivity index (χ0) is 19.5. The molecule has 0 saturated carbocycles. The second-order valence-electron chi connectivity index (χ2n) is 7.05. The van der Waals surface area contributed by atoms with Gasteiger partial charge >= 0.3 is 0 Å². The first kappa shape index (κ1) is 18.5. The zero-order valence-electron chi connectivity index (χ0n) is 16.1. The number of para-hydroxylation sites is 3. The van der Waals surface area contributed by atoms with E-state index in [0.717, 1.165) is 37.6 Å². The Hall–Kier alpha value is -2.86. The van der Waals surface area contributed by atoms with E-state index < -0.39 is 0 Å². The standard InChI is InChI=1S/C22H25N3O3/c1-2-28-20-11-7-6-10-18(20)23-12-14-24(15-13-23)19-16-21(26)25(22(19)27)17-8-4-3-5-9-17/h3-11,19H,2,12-16H2,1H3. The van der Waals surface area contributed by atoms with Gasteiger partial charge in [0.05, 0.1) is 30.4 Å². The fraction of sp³-hybridized carbons (Fsp3) is 0.364. The summed E-state index contributed by atoms with van der Waals surface area (Å²) in [4.78, 5) is 31.2. The SMILES string of the molecule is CCOc1ccccc1N1CCN(C2CC(=O)N(c3ccccc3)C2=O)CC1. The van der Waals surface area contributed by atoms with Gasteiger partial charge in [-0.2, -0.15) is 0 Å². The molecule has 0 aliphatic carbocycles. The van der Waals surface area contributed by atoms with Gasteiger partial charge in [-0.15, -0.1) is 0 Å². The van der Waals surface area contributed by atoms with Crippen LogP contribution in [0.1, 0.15) is 13.3 Å². The molecule has 2 aliphatic rings. The van der Waals surface area contributed by atoms with Crippen molar-refractivity contribution in [1.29, 1.82) is 0 Å². The van der Waals surface area contributed by atoms with Gasteiger partial charge in [0.25, 0.3) is 5.91 Å². The minimum Gasteiger partial charge on any atom is -0.492 e. The van der Waals surface area contributed by atoms with Crippen molar-refractivity contribution in [3.63, 3.8) is 0 Å². The molecular formula is C22H25N3O3. The Bertz CT molecular complexity index is 847. The van der Waals surface area contributed by atoms with Crippen LogP contribution < -0.4 is 14.5 Å². The minimum atomic E-state index is -0.364. The van der Waals surface area contributed by atoms with Crippen LogP contribution in [0.5, 0.6) is 5.75 Å². The Morgan fingerprint density at radius 3 is 2.32 bits per heavy atom. The second-order valence-corrected chi connectivity index (χ2v) is 7.05. The van der Waals surface area contributed by atoms with Gasteiger partial charge in [-0.05, 0) is 31.2 Å². The van der Waals surface area contributed by atoms with Crippen molar-refractivity contribution in [3.05, 3.63) is 54.6 Å². The molecule has 0 spiro atoms. The number of amides is 2. The number of anilines is 2. The molecule has 0 aromatic heterocycles. The van der Waals surface area contributed by atoms with Crippen molar-refractivity contribution in [1.82, 2.24) is 4.90 Å². The first-order valence-electron chi connectivity index (χ1n) is 9.81. The van der Waals surface area contributed by atoms with E-state index in [-0.39, 0.29) is 24.3 Å². The van der Waals surface area contributed by atoms with Crippen LogP contribution in [0.25, 0.3) is 0 Å². The van der Waals surface area contributed by atoms with E-state index in [9.17, 15) is 9.59 Å². The zero-order valence-corrected chi connectivity index (χ0v) is 16.1. The lowest BCUT2D eigenvalue weighted by atomic mass is 10.1. The van der Waals surface area contributed by atoms with Gasteiger partial charge in [-0.3, -0.25) is 14.5 Å². The third-order valence-electron chi connectivity index (χ3n) is 5.40. The average Bonchev–Trinajstić information content (AvgIpc) is 3.03. The van der Waals surface area contributed by atoms with Crippen LogP contribution in [-0.2, 0) is 9.59 Å². The summed E-state index contributed by atoms with van der Waals surface area (Å²) >= 11 is 0. The number of nitrogens with zero attached hydrogens (tertiary/aromatic N) is 3. The third-order valence-corrected chi connectivity index (χ3v) is 5.40. The number of imide groups is 1. The van der Waals surface area contributed by atoms with E-state index >= 15 is 0 Å². The lowest BCUT2D eigenvalue weighted by molar-refractivity contribution is -0.123. The van der Waals surface area contributed by atoms with Gasteiger partial charge in [-0.25, -0.2) is 4.90 Å². The monoisotopic (exact) mass is 379 g/mol. The summed E-state index contributed by atoms with van der Waals surface area (Å²) in [6, 6.07) is 16.9. The van der Waals surface area contributed by atoms with E-state index in [0.29, 0.717) is 12.3 Å². The Kier molecular flexibility index (Phi) is 5.30. The normalized spacial score (nSPS) is 20.7. The van der Waals surface area contributed by atoms with Crippen LogP contribution in [0.2, 0.25) is 0 Å². The molecule has 2 aromatic rings. The van der Waals surface area contributed by atoms with E-state index in [1.165, 1.54) is 4.90 Å². The van der Waals surface area contributed by atoms with Gasteiger partial charge in [0.2, 0.25) is 5.91 Å². The number of benzene rings is 2. The Balaban J connectivity index is 1.43. The molecule has 0 bridgehead atoms. The van der Waals surface area contributed by atoms with Crippen LogP contribution >= 0.6 is 0 Å². The third kappa shape index (κ3) is 3.47. The number of carbonyl (C=O) groups excluding carboxylic acids is 2.